The van der Waals surface area contributed by atoms with E-state index in [2.05, 4.69) is 28.5 Å². The van der Waals surface area contributed by atoms with Gasteiger partial charge in [0.1, 0.15) is 0 Å². The fourth-order valence-corrected chi connectivity index (χ4v) is 5.27. The second-order valence-corrected chi connectivity index (χ2v) is 11.5. The molecule has 4 rings (SSSR count). The van der Waals surface area contributed by atoms with Crippen LogP contribution in [-0.2, 0) is 16.6 Å². The smallest absolute Gasteiger partial charge is 0.274 e. The van der Waals surface area contributed by atoms with Gasteiger partial charge in [-0.05, 0) is 74.4 Å². The average Bonchev–Trinajstić information content (AvgIpc) is 3.33. The number of aliphatic hydroxyl groups excluding tert-OH is 1. The number of nitrogens with one attached hydrogen (secondary N) is 3. The molecule has 1 aromatic heterocycles. The van der Waals surface area contributed by atoms with Gasteiger partial charge in [-0.1, -0.05) is 30.3 Å². The number of aliphatic hydroxyl groups is 1. The van der Waals surface area contributed by atoms with E-state index in [-0.39, 0.29) is 17.0 Å². The number of β-amino-alcohol motifs (C(OH)–C–C–N with tert-alkyl or cyclic N) is 1. The quantitative estimate of drug-likeness (QED) is 0.145. The third-order valence-corrected chi connectivity index (χ3v) is 7.86. The van der Waals surface area contributed by atoms with Crippen molar-refractivity contribution in [2.75, 3.05) is 11.3 Å². The molecule has 0 saturated carbocycles. The number of anilines is 1. The van der Waals surface area contributed by atoms with E-state index in [1.54, 1.807) is 60.1 Å². The highest BCUT2D eigenvalue weighted by molar-refractivity contribution is 7.92. The number of aromatic nitrogens is 1. The van der Waals surface area contributed by atoms with Gasteiger partial charge < -0.3 is 15.0 Å². The van der Waals surface area contributed by atoms with E-state index in [0.29, 0.717) is 23.4 Å². The molecule has 9 nitrogen and oxygen atoms in total. The number of fused-ring (bicyclic) bond motifs is 1. The Morgan fingerprint density at radius 2 is 1.76 bits per heavy atom. The van der Waals surface area contributed by atoms with Gasteiger partial charge in [0.15, 0.2) is 0 Å². The van der Waals surface area contributed by atoms with E-state index in [4.69, 9.17) is 5.21 Å². The van der Waals surface area contributed by atoms with E-state index in [9.17, 15) is 18.3 Å². The highest BCUT2D eigenvalue weighted by atomic mass is 32.2. The molecule has 38 heavy (non-hydrogen) atoms. The lowest BCUT2D eigenvalue weighted by Gasteiger charge is -2.28. The first-order valence-corrected chi connectivity index (χ1v) is 13.7. The zero-order chi connectivity index (χ0) is 27.3. The van der Waals surface area contributed by atoms with E-state index >= 15 is 0 Å². The Labute approximate surface area is 222 Å². The van der Waals surface area contributed by atoms with Gasteiger partial charge in [0.2, 0.25) is 0 Å². The second kappa shape index (κ2) is 11.4. The maximum Gasteiger partial charge on any atom is 0.274 e. The summed E-state index contributed by atoms with van der Waals surface area (Å²) in [6.45, 7) is 5.11. The molecule has 0 saturated heterocycles. The molecule has 0 spiro atoms. The van der Waals surface area contributed by atoms with Gasteiger partial charge in [0.25, 0.3) is 15.9 Å². The van der Waals surface area contributed by atoms with Crippen molar-refractivity contribution in [3.05, 3.63) is 96.2 Å². The molecule has 10 heteroatoms. The van der Waals surface area contributed by atoms with Crippen LogP contribution in [0.25, 0.3) is 10.9 Å². The normalized spacial score (nSPS) is 12.8. The second-order valence-electron chi connectivity index (χ2n) is 9.80. The van der Waals surface area contributed by atoms with E-state index in [0.717, 1.165) is 17.3 Å². The van der Waals surface area contributed by atoms with E-state index in [1.165, 1.54) is 12.1 Å². The zero-order valence-electron chi connectivity index (χ0n) is 21.3. The van der Waals surface area contributed by atoms with Crippen molar-refractivity contribution in [3.8, 4) is 0 Å². The molecule has 0 aliphatic rings. The Hall–Kier alpha value is -3.70. The summed E-state index contributed by atoms with van der Waals surface area (Å²) >= 11 is 0. The molecular weight excluding hydrogens is 504 g/mol. The minimum absolute atomic E-state index is 0.168. The highest BCUT2D eigenvalue weighted by Crippen LogP contribution is 2.23. The van der Waals surface area contributed by atoms with Gasteiger partial charge in [-0.3, -0.25) is 14.7 Å². The van der Waals surface area contributed by atoms with Crippen molar-refractivity contribution in [2.45, 2.75) is 43.4 Å². The Morgan fingerprint density at radius 1 is 1.00 bits per heavy atom. The first kappa shape index (κ1) is 27.3. The SMILES string of the molecule is CC(C)(CCn1ccc2cc(C(=O)NO)ccc21)NCC(O)c1cccc(NS(=O)(=O)c2ccccc2)c1. The van der Waals surface area contributed by atoms with Crippen molar-refractivity contribution in [3.63, 3.8) is 0 Å². The van der Waals surface area contributed by atoms with Crippen molar-refractivity contribution in [1.82, 2.24) is 15.4 Å². The molecule has 200 valence electrons. The lowest BCUT2D eigenvalue weighted by atomic mass is 9.99. The number of nitrogens with zero attached hydrogens (tertiary/aromatic N) is 1. The fourth-order valence-electron chi connectivity index (χ4n) is 4.20. The lowest BCUT2D eigenvalue weighted by molar-refractivity contribution is 0.0706. The number of sulfonamides is 1. The standard InChI is InChI=1S/C28H32N4O5S/c1-28(2,14-16-32-15-13-20-17-22(27(34)30-35)11-12-25(20)32)29-19-26(33)21-7-6-8-23(18-21)31-38(36,37)24-9-4-3-5-10-24/h3-13,15,17-18,26,29,31,33,35H,14,16,19H2,1-2H3,(H,30,34). The van der Waals surface area contributed by atoms with Crippen LogP contribution in [0, 0.1) is 0 Å². The van der Waals surface area contributed by atoms with Crippen molar-refractivity contribution < 1.29 is 23.5 Å². The predicted molar refractivity (Wildman–Crippen MR) is 147 cm³/mol. The Kier molecular flexibility index (Phi) is 8.17. The molecule has 3 aromatic carbocycles. The number of hydrogen-bond donors (Lipinski definition) is 5. The van der Waals surface area contributed by atoms with E-state index < -0.39 is 22.0 Å². The Bertz CT molecular complexity index is 1520. The van der Waals surface area contributed by atoms with Crippen LogP contribution in [0.2, 0.25) is 0 Å². The molecule has 1 atom stereocenters. The Morgan fingerprint density at radius 3 is 2.50 bits per heavy atom. The summed E-state index contributed by atoms with van der Waals surface area (Å²) in [4.78, 5) is 11.8. The van der Waals surface area contributed by atoms with Gasteiger partial charge in [0, 0.05) is 47.0 Å². The van der Waals surface area contributed by atoms with Crippen molar-refractivity contribution in [2.24, 2.45) is 0 Å². The van der Waals surface area contributed by atoms with Crippen LogP contribution in [-0.4, -0.2) is 41.3 Å². The van der Waals surface area contributed by atoms with Crippen LogP contribution in [0.5, 0.6) is 0 Å². The third-order valence-electron chi connectivity index (χ3n) is 6.46. The number of carbonyl (C=O) groups excluding carboxylic acids is 1. The fraction of sp³-hybridized carbons (Fsp3) is 0.250. The molecule has 4 aromatic rings. The van der Waals surface area contributed by atoms with Crippen molar-refractivity contribution in [1.29, 1.82) is 0 Å². The lowest BCUT2D eigenvalue weighted by Crippen LogP contribution is -2.42. The summed E-state index contributed by atoms with van der Waals surface area (Å²) in [5, 5.41) is 24.0. The van der Waals surface area contributed by atoms with Crippen LogP contribution in [0.4, 0.5) is 5.69 Å². The van der Waals surface area contributed by atoms with Gasteiger partial charge in [-0.2, -0.15) is 0 Å². The minimum atomic E-state index is -3.72. The van der Waals surface area contributed by atoms with Crippen LogP contribution in [0.1, 0.15) is 42.3 Å². The van der Waals surface area contributed by atoms with Crippen LogP contribution >= 0.6 is 0 Å². The van der Waals surface area contributed by atoms with E-state index in [1.807, 2.05) is 18.3 Å². The number of hydroxylamine groups is 1. The number of benzene rings is 3. The Balaban J connectivity index is 1.35. The van der Waals surface area contributed by atoms with Crippen LogP contribution in [0.15, 0.2) is 90.0 Å². The molecular formula is C28H32N4O5S. The summed E-state index contributed by atoms with van der Waals surface area (Å²) < 4.78 is 29.9. The first-order chi connectivity index (χ1) is 18.1. The molecule has 0 aliphatic heterocycles. The minimum Gasteiger partial charge on any atom is -0.387 e. The molecule has 0 fully saturated rings. The zero-order valence-corrected chi connectivity index (χ0v) is 22.1. The molecule has 1 unspecified atom stereocenters. The summed E-state index contributed by atoms with van der Waals surface area (Å²) in [5.41, 5.74) is 3.68. The predicted octanol–water partition coefficient (Wildman–Crippen LogP) is 4.05. The molecule has 0 radical (unpaired) electrons. The number of aryl methyl sites for hydroxylation is 1. The number of amides is 1. The highest BCUT2D eigenvalue weighted by Gasteiger charge is 2.20. The molecule has 0 aliphatic carbocycles. The maximum atomic E-state index is 12.6. The average molecular weight is 537 g/mol. The van der Waals surface area contributed by atoms with Gasteiger partial charge in [0.05, 0.1) is 11.0 Å². The van der Waals surface area contributed by atoms with Gasteiger partial charge >= 0.3 is 0 Å². The van der Waals surface area contributed by atoms with Crippen LogP contribution < -0.4 is 15.5 Å². The third kappa shape index (κ3) is 6.59. The largest absolute Gasteiger partial charge is 0.387 e. The number of hydrogen-bond acceptors (Lipinski definition) is 6. The first-order valence-electron chi connectivity index (χ1n) is 12.2. The molecule has 5 N–H and O–H groups in total. The summed E-state index contributed by atoms with van der Waals surface area (Å²) in [5.74, 6) is -0.553. The summed E-state index contributed by atoms with van der Waals surface area (Å²) in [6.07, 6.45) is 1.89. The van der Waals surface area contributed by atoms with Gasteiger partial charge in [-0.15, -0.1) is 0 Å². The molecule has 0 bridgehead atoms. The van der Waals surface area contributed by atoms with Crippen LogP contribution in [0.3, 0.4) is 0 Å². The monoisotopic (exact) mass is 536 g/mol. The van der Waals surface area contributed by atoms with Gasteiger partial charge in [-0.25, -0.2) is 13.9 Å². The summed E-state index contributed by atoms with van der Waals surface area (Å²) in [6, 6.07) is 22.0. The summed E-state index contributed by atoms with van der Waals surface area (Å²) in [7, 11) is -3.72. The number of carbonyl (C=O) groups is 1. The number of rotatable bonds is 11. The van der Waals surface area contributed by atoms with Crippen molar-refractivity contribution >= 4 is 32.5 Å². The topological polar surface area (TPSA) is 133 Å². The molecule has 1 heterocycles. The maximum absolute atomic E-state index is 12.6. The molecule has 1 amide bonds.